The summed E-state index contributed by atoms with van der Waals surface area (Å²) in [7, 11) is -9.56. The molecule has 2 aliphatic rings. The average Bonchev–Trinajstić information content (AvgIpc) is 3.84. The van der Waals surface area contributed by atoms with Crippen molar-refractivity contribution in [2.24, 2.45) is 7.05 Å². The average molecular weight is 844 g/mol. The van der Waals surface area contributed by atoms with Crippen LogP contribution in [0.3, 0.4) is 0 Å². The number of aliphatic hydroxyl groups excluding tert-OH is 3. The van der Waals surface area contributed by atoms with Crippen molar-refractivity contribution >= 4 is 57.6 Å². The van der Waals surface area contributed by atoms with Crippen LogP contribution in [0, 0.1) is 0 Å². The van der Waals surface area contributed by atoms with Gasteiger partial charge in [0, 0.05) is 28.3 Å². The Kier molecular flexibility index (Phi) is 11.7. The van der Waals surface area contributed by atoms with Gasteiger partial charge in [-0.1, -0.05) is 4.98 Å². The van der Waals surface area contributed by atoms with Crippen LogP contribution in [0.4, 0.5) is 11.8 Å². The fourth-order valence-electron chi connectivity index (χ4n) is 5.95. The Morgan fingerprint density at radius 3 is 2.20 bits per heavy atom. The molecule has 6 heterocycles. The summed E-state index contributed by atoms with van der Waals surface area (Å²) >= 11 is 0. The number of aliphatic hydroxyl groups is 3. The van der Waals surface area contributed by atoms with E-state index in [4.69, 9.17) is 23.3 Å². The molecular weight excluding hydrogens is 805 g/mol. The van der Waals surface area contributed by atoms with Crippen molar-refractivity contribution in [2.45, 2.75) is 49.1 Å². The van der Waals surface area contributed by atoms with Crippen molar-refractivity contribution in [3.8, 4) is 0 Å². The number of aryl methyl sites for hydroxylation is 1. The number of phosphoric acid groups is 3. The Hall–Kier alpha value is -3.33. The van der Waals surface area contributed by atoms with Crippen molar-refractivity contribution in [1.82, 2.24) is 34.1 Å². The molecule has 0 saturated carbocycles. The van der Waals surface area contributed by atoms with E-state index in [9.17, 15) is 48.5 Å². The first kappa shape index (κ1) is 41.3. The zero-order chi connectivity index (χ0) is 40.2. The fraction of sp³-hybridized carbons (Fsp3) is 0.600. The van der Waals surface area contributed by atoms with E-state index in [1.807, 2.05) is 0 Å². The molecule has 11 atom stereocenters. The SMILES string of the molecule is CNc1ncnc2c1ncn2C1OC(COP(=O)(O)OP(=O)(O)OP(=O)(O)OC[C@H]2O[C@@H]([n+]3cn(C)c4c(=O)[nH]c(N(C)C)nc43)C(O)[C@H]2O)[C@@H](O)[C@H]1OC. The van der Waals surface area contributed by atoms with Crippen LogP contribution in [0.5, 0.6) is 0 Å². The normalized spacial score (nSPS) is 29.0. The number of H-pyrrole nitrogens is 1. The minimum absolute atomic E-state index is 0.0513. The molecule has 4 aromatic heterocycles. The minimum atomic E-state index is -5.95. The third-order valence-corrected chi connectivity index (χ3v) is 12.7. The molecule has 2 aliphatic heterocycles. The van der Waals surface area contributed by atoms with Gasteiger partial charge in [-0.25, -0.2) is 33.2 Å². The van der Waals surface area contributed by atoms with Gasteiger partial charge in [0.1, 0.15) is 48.5 Å². The summed E-state index contributed by atoms with van der Waals surface area (Å²) in [5.41, 5.74) is 0.262. The Labute approximate surface area is 308 Å². The monoisotopic (exact) mass is 843 g/mol. The number of imidazole rings is 2. The van der Waals surface area contributed by atoms with Crippen LogP contribution in [0.2, 0.25) is 0 Å². The third-order valence-electron chi connectivity index (χ3n) is 8.47. The minimum Gasteiger partial charge on any atom is -0.387 e. The van der Waals surface area contributed by atoms with Crippen molar-refractivity contribution in [1.29, 1.82) is 0 Å². The third kappa shape index (κ3) is 8.38. The largest absolute Gasteiger partial charge is 0.490 e. The second kappa shape index (κ2) is 15.5. The summed E-state index contributed by atoms with van der Waals surface area (Å²) in [5, 5.41) is 35.1. The molecule has 0 amide bonds. The van der Waals surface area contributed by atoms with E-state index in [0.717, 1.165) is 0 Å². The lowest BCUT2D eigenvalue weighted by Gasteiger charge is -2.21. The maximum atomic E-state index is 12.7. The van der Waals surface area contributed by atoms with Crippen LogP contribution in [0.1, 0.15) is 12.5 Å². The van der Waals surface area contributed by atoms with E-state index in [-0.39, 0.29) is 22.8 Å². The number of anilines is 2. The summed E-state index contributed by atoms with van der Waals surface area (Å²) in [5.74, 6) is 0.557. The number of hydrogen-bond donors (Lipinski definition) is 8. The molecule has 2 saturated heterocycles. The fourth-order valence-corrected chi connectivity index (χ4v) is 9.47. The lowest BCUT2D eigenvalue weighted by atomic mass is 10.1. The van der Waals surface area contributed by atoms with Crippen LogP contribution < -0.4 is 20.3 Å². The van der Waals surface area contributed by atoms with E-state index in [1.54, 1.807) is 21.1 Å². The van der Waals surface area contributed by atoms with Gasteiger partial charge in [0.2, 0.25) is 11.7 Å². The molecule has 6 unspecified atom stereocenters. The van der Waals surface area contributed by atoms with Crippen LogP contribution in [-0.4, -0.2) is 142 Å². The number of aromatic nitrogens is 8. The van der Waals surface area contributed by atoms with E-state index in [1.165, 1.54) is 51.7 Å². The predicted molar refractivity (Wildman–Crippen MR) is 181 cm³/mol. The number of fused-ring (bicyclic) bond motifs is 2. The van der Waals surface area contributed by atoms with Crippen molar-refractivity contribution < 1.29 is 80.1 Å². The van der Waals surface area contributed by atoms with E-state index < -0.39 is 91.3 Å². The van der Waals surface area contributed by atoms with Crippen molar-refractivity contribution in [3.63, 3.8) is 0 Å². The summed E-state index contributed by atoms with van der Waals surface area (Å²) in [6, 6.07) is 0. The molecule has 8 N–H and O–H groups in total. The maximum Gasteiger partial charge on any atom is 0.490 e. The van der Waals surface area contributed by atoms with Crippen LogP contribution in [0.25, 0.3) is 22.3 Å². The second-order valence-electron chi connectivity index (χ2n) is 12.3. The maximum absolute atomic E-state index is 12.7. The highest BCUT2D eigenvalue weighted by Gasteiger charge is 2.50. The molecule has 304 valence electrons. The molecule has 0 aromatic carbocycles. The topological polar surface area (TPSA) is 351 Å². The molecule has 30 heteroatoms. The molecule has 27 nitrogen and oxygen atoms in total. The summed E-state index contributed by atoms with van der Waals surface area (Å²) in [4.78, 5) is 64.0. The Morgan fingerprint density at radius 2 is 1.60 bits per heavy atom. The Balaban J connectivity index is 1.06. The number of nitrogens with zero attached hydrogens (tertiary/aromatic N) is 8. The van der Waals surface area contributed by atoms with E-state index in [2.05, 4.69) is 38.9 Å². The number of rotatable bonds is 15. The Bertz CT molecular complexity index is 2250. The quantitative estimate of drug-likeness (QED) is 0.0463. The standard InChI is InChI=1S/C25H37N10O17P3/c1-26-19-13-20(28-8-27-19)34(9-29-13)24-18(46-5)16(37)12(50-24)7-48-54(42,43)52-55(44,45)51-53(40,41)47-6-11-15(36)17(38)23(49-11)35-10-33(4)14-21(35)30-25(32(2)3)31-22(14)39/h8-12,15-18,23-24,36-38H,6-7H2,1-5H3,(H4-,26,27,28,30,31,39,40,41,42,43,44,45)/p+1/t11-,12?,15+,16-,17?,18-,23-,24?/m1/s1. The van der Waals surface area contributed by atoms with Gasteiger partial charge >= 0.3 is 29.1 Å². The van der Waals surface area contributed by atoms with Gasteiger partial charge in [0.15, 0.2) is 24.0 Å². The van der Waals surface area contributed by atoms with E-state index in [0.29, 0.717) is 11.3 Å². The predicted octanol–water partition coefficient (Wildman–Crippen LogP) is -2.24. The molecule has 0 bridgehead atoms. The van der Waals surface area contributed by atoms with Crippen LogP contribution >= 0.6 is 23.5 Å². The van der Waals surface area contributed by atoms with Gasteiger partial charge in [0.05, 0.1) is 26.6 Å². The van der Waals surface area contributed by atoms with Gasteiger partial charge in [-0.15, -0.1) is 0 Å². The zero-order valence-corrected chi connectivity index (χ0v) is 32.0. The highest BCUT2D eigenvalue weighted by atomic mass is 31.3. The number of phosphoric ester groups is 2. The molecule has 6 rings (SSSR count). The molecule has 55 heavy (non-hydrogen) atoms. The highest BCUT2D eigenvalue weighted by molar-refractivity contribution is 7.66. The first-order valence-corrected chi connectivity index (χ1v) is 20.4. The number of nitrogens with one attached hydrogen (secondary N) is 2. The number of ether oxygens (including phenoxy) is 3. The van der Waals surface area contributed by atoms with Crippen molar-refractivity contribution in [3.05, 3.63) is 29.3 Å². The summed E-state index contributed by atoms with van der Waals surface area (Å²) in [6.07, 6.45) is -7.58. The van der Waals surface area contributed by atoms with Gasteiger partial charge in [0.25, 0.3) is 11.5 Å². The van der Waals surface area contributed by atoms with Crippen molar-refractivity contribution in [2.75, 3.05) is 51.7 Å². The summed E-state index contributed by atoms with van der Waals surface area (Å²) in [6.45, 7) is -1.97. The lowest BCUT2D eigenvalue weighted by Crippen LogP contribution is -2.46. The highest BCUT2D eigenvalue weighted by Crippen LogP contribution is 2.67. The van der Waals surface area contributed by atoms with E-state index >= 15 is 0 Å². The number of methoxy groups -OCH3 is 1. The molecule has 4 aromatic rings. The first-order valence-electron chi connectivity index (χ1n) is 15.9. The molecular formula is C25H38N10O17P3+. The Morgan fingerprint density at radius 1 is 0.964 bits per heavy atom. The zero-order valence-electron chi connectivity index (χ0n) is 29.4. The number of hydrogen-bond acceptors (Lipinski definition) is 20. The number of aromatic amines is 1. The molecule has 2 fully saturated rings. The summed E-state index contributed by atoms with van der Waals surface area (Å²) < 4.78 is 76.4. The first-order chi connectivity index (χ1) is 25.8. The molecule has 0 aliphatic carbocycles. The van der Waals surface area contributed by atoms with Gasteiger partial charge in [-0.3, -0.25) is 28.0 Å². The van der Waals surface area contributed by atoms with Crippen LogP contribution in [-0.2, 0) is 52.6 Å². The van der Waals surface area contributed by atoms with Gasteiger partial charge in [-0.05, 0) is 0 Å². The second-order valence-corrected chi connectivity index (χ2v) is 17.0. The smallest absolute Gasteiger partial charge is 0.387 e. The van der Waals surface area contributed by atoms with Gasteiger partial charge < -0.3 is 54.4 Å². The molecule has 0 radical (unpaired) electrons. The molecule has 0 spiro atoms. The van der Waals surface area contributed by atoms with Gasteiger partial charge in [-0.2, -0.15) is 8.62 Å². The van der Waals surface area contributed by atoms with Crippen LogP contribution in [0.15, 0.2) is 23.8 Å². The lowest BCUT2D eigenvalue weighted by molar-refractivity contribution is -0.745.